The van der Waals surface area contributed by atoms with Gasteiger partial charge in [-0.1, -0.05) is 24.3 Å². The normalized spacial score (nSPS) is 11.0. The van der Waals surface area contributed by atoms with Crippen LogP contribution in [0.15, 0.2) is 48.5 Å². The van der Waals surface area contributed by atoms with E-state index in [0.29, 0.717) is 30.1 Å². The molecule has 0 unspecified atom stereocenters. The van der Waals surface area contributed by atoms with Crippen LogP contribution in [0.25, 0.3) is 0 Å². The minimum atomic E-state index is -0.609. The summed E-state index contributed by atoms with van der Waals surface area (Å²) in [5, 5.41) is 8.76. The summed E-state index contributed by atoms with van der Waals surface area (Å²) in [7, 11) is 1.66. The lowest BCUT2D eigenvalue weighted by Gasteiger charge is -2.20. The lowest BCUT2D eigenvalue weighted by molar-refractivity contribution is 0.0635. The molecule has 0 bridgehead atoms. The van der Waals surface area contributed by atoms with E-state index in [2.05, 4.69) is 16.0 Å². The third-order valence-electron chi connectivity index (χ3n) is 3.84. The first kappa shape index (κ1) is 22.4. The molecule has 0 atom stereocenters. The molecule has 0 fully saturated rings. The lowest BCUT2D eigenvalue weighted by Crippen LogP contribution is -2.27. The van der Waals surface area contributed by atoms with Crippen LogP contribution in [-0.4, -0.2) is 37.9 Å². The van der Waals surface area contributed by atoms with E-state index in [9.17, 15) is 9.59 Å². The quantitative estimate of drug-likeness (QED) is 0.584. The average molecular weight is 399 g/mol. The molecule has 2 rings (SSSR count). The Morgan fingerprint density at radius 1 is 0.931 bits per heavy atom. The number of carbonyl (C=O) groups excluding carboxylic acids is 2. The lowest BCUT2D eigenvalue weighted by atomic mass is 10.1. The summed E-state index contributed by atoms with van der Waals surface area (Å²) in [6.07, 6.45) is -0.579. The predicted octanol–water partition coefficient (Wildman–Crippen LogP) is 4.02. The second-order valence-electron chi connectivity index (χ2n) is 7.49. The zero-order valence-corrected chi connectivity index (χ0v) is 17.4. The van der Waals surface area contributed by atoms with Crippen molar-refractivity contribution in [3.05, 3.63) is 59.7 Å². The van der Waals surface area contributed by atoms with Gasteiger partial charge < -0.3 is 20.1 Å². The summed E-state index contributed by atoms with van der Waals surface area (Å²) < 4.78 is 10.3. The fourth-order valence-electron chi connectivity index (χ4n) is 2.49. The van der Waals surface area contributed by atoms with Crippen LogP contribution in [0, 0.1) is 0 Å². The molecule has 0 saturated heterocycles. The van der Waals surface area contributed by atoms with Gasteiger partial charge in [-0.15, -0.1) is 0 Å². The number of hydrogen-bond acceptors (Lipinski definition) is 5. The molecule has 7 heteroatoms. The number of hydrogen-bond donors (Lipinski definition) is 3. The van der Waals surface area contributed by atoms with Gasteiger partial charge in [-0.25, -0.2) is 4.79 Å². The monoisotopic (exact) mass is 399 g/mol. The van der Waals surface area contributed by atoms with Crippen molar-refractivity contribution in [3.63, 3.8) is 0 Å². The van der Waals surface area contributed by atoms with Crippen LogP contribution >= 0.6 is 0 Å². The van der Waals surface area contributed by atoms with Gasteiger partial charge in [0, 0.05) is 25.8 Å². The Morgan fingerprint density at radius 3 is 2.14 bits per heavy atom. The van der Waals surface area contributed by atoms with E-state index in [1.165, 1.54) is 0 Å². The Labute approximate surface area is 171 Å². The van der Waals surface area contributed by atoms with E-state index in [-0.39, 0.29) is 5.91 Å². The molecule has 156 valence electrons. The van der Waals surface area contributed by atoms with Crippen molar-refractivity contribution in [1.29, 1.82) is 0 Å². The van der Waals surface area contributed by atoms with Crippen molar-refractivity contribution >= 4 is 23.4 Å². The number of methoxy groups -OCH3 is 1. The zero-order chi connectivity index (χ0) is 21.3. The van der Waals surface area contributed by atoms with E-state index < -0.39 is 11.7 Å². The van der Waals surface area contributed by atoms with Gasteiger partial charge in [0.1, 0.15) is 5.60 Å². The van der Waals surface area contributed by atoms with Gasteiger partial charge in [0.2, 0.25) is 0 Å². The molecule has 29 heavy (non-hydrogen) atoms. The maximum absolute atomic E-state index is 12.6. The molecular formula is C22H29N3O4. The van der Waals surface area contributed by atoms with Gasteiger partial charge in [0.25, 0.3) is 5.91 Å². The van der Waals surface area contributed by atoms with Crippen molar-refractivity contribution in [3.8, 4) is 0 Å². The topological polar surface area (TPSA) is 88.7 Å². The maximum Gasteiger partial charge on any atom is 0.412 e. The van der Waals surface area contributed by atoms with Gasteiger partial charge in [-0.3, -0.25) is 10.1 Å². The van der Waals surface area contributed by atoms with E-state index in [1.54, 1.807) is 64.3 Å². The van der Waals surface area contributed by atoms with E-state index in [1.807, 2.05) is 12.1 Å². The first-order valence-electron chi connectivity index (χ1n) is 9.47. The molecule has 2 aromatic carbocycles. The van der Waals surface area contributed by atoms with Crippen LogP contribution in [0.5, 0.6) is 0 Å². The number of carbonyl (C=O) groups is 2. The molecule has 0 saturated carbocycles. The SMILES string of the molecule is COCCNCc1ccc(C(=O)Nc2ccccc2NC(=O)OC(C)(C)C)cc1. The van der Waals surface area contributed by atoms with Gasteiger partial charge in [-0.2, -0.15) is 0 Å². The highest BCUT2D eigenvalue weighted by atomic mass is 16.6. The van der Waals surface area contributed by atoms with Crippen LogP contribution in [0.3, 0.4) is 0 Å². The molecule has 0 aromatic heterocycles. The minimum absolute atomic E-state index is 0.262. The summed E-state index contributed by atoms with van der Waals surface area (Å²) in [5.41, 5.74) is 1.95. The Hall–Kier alpha value is -2.90. The highest BCUT2D eigenvalue weighted by Crippen LogP contribution is 2.23. The molecule has 0 aliphatic carbocycles. The average Bonchev–Trinajstić information content (AvgIpc) is 2.66. The molecule has 2 amide bonds. The van der Waals surface area contributed by atoms with Crippen LogP contribution in [0.1, 0.15) is 36.7 Å². The van der Waals surface area contributed by atoms with Crippen molar-refractivity contribution < 1.29 is 19.1 Å². The Bertz CT molecular complexity index is 814. The molecule has 0 aliphatic heterocycles. The zero-order valence-electron chi connectivity index (χ0n) is 17.4. The first-order valence-corrected chi connectivity index (χ1v) is 9.47. The highest BCUT2D eigenvalue weighted by molar-refractivity contribution is 6.06. The first-order chi connectivity index (χ1) is 13.8. The van der Waals surface area contributed by atoms with Crippen LogP contribution in [-0.2, 0) is 16.0 Å². The summed E-state index contributed by atoms with van der Waals surface area (Å²) in [6, 6.07) is 14.3. The number of anilines is 2. The fourth-order valence-corrected chi connectivity index (χ4v) is 2.49. The van der Waals surface area contributed by atoms with Crippen molar-refractivity contribution in [2.24, 2.45) is 0 Å². The number of benzene rings is 2. The van der Waals surface area contributed by atoms with Gasteiger partial charge in [0.05, 0.1) is 18.0 Å². The fraction of sp³-hybridized carbons (Fsp3) is 0.364. The standard InChI is InChI=1S/C22H29N3O4/c1-22(2,3)29-21(27)25-19-8-6-5-7-18(19)24-20(26)17-11-9-16(10-12-17)15-23-13-14-28-4/h5-12,23H,13-15H2,1-4H3,(H,24,26)(H,25,27). The van der Waals surface area contributed by atoms with E-state index in [4.69, 9.17) is 9.47 Å². The molecule has 7 nitrogen and oxygen atoms in total. The van der Waals surface area contributed by atoms with Crippen molar-refractivity contribution in [1.82, 2.24) is 5.32 Å². The minimum Gasteiger partial charge on any atom is -0.444 e. The Morgan fingerprint density at radius 2 is 1.55 bits per heavy atom. The molecule has 0 spiro atoms. The largest absolute Gasteiger partial charge is 0.444 e. The smallest absolute Gasteiger partial charge is 0.412 e. The summed E-state index contributed by atoms with van der Waals surface area (Å²) in [6.45, 7) is 7.48. The highest BCUT2D eigenvalue weighted by Gasteiger charge is 2.17. The summed E-state index contributed by atoms with van der Waals surface area (Å²) >= 11 is 0. The second-order valence-corrected chi connectivity index (χ2v) is 7.49. The summed E-state index contributed by atoms with van der Waals surface area (Å²) in [4.78, 5) is 24.6. The number of amides is 2. The van der Waals surface area contributed by atoms with Gasteiger partial charge >= 0.3 is 6.09 Å². The Kier molecular flexibility index (Phi) is 8.18. The molecule has 0 radical (unpaired) electrons. The third kappa shape index (κ3) is 7.93. The number of para-hydroxylation sites is 2. The number of ether oxygens (including phenoxy) is 2. The number of rotatable bonds is 8. The number of nitrogens with one attached hydrogen (secondary N) is 3. The Balaban J connectivity index is 1.99. The summed E-state index contributed by atoms with van der Waals surface area (Å²) in [5.74, 6) is -0.262. The molecule has 2 aromatic rings. The predicted molar refractivity (Wildman–Crippen MR) is 114 cm³/mol. The van der Waals surface area contributed by atoms with Crippen LogP contribution < -0.4 is 16.0 Å². The van der Waals surface area contributed by atoms with Crippen LogP contribution in [0.2, 0.25) is 0 Å². The molecule has 3 N–H and O–H groups in total. The van der Waals surface area contributed by atoms with Crippen molar-refractivity contribution in [2.75, 3.05) is 30.9 Å². The second kappa shape index (κ2) is 10.6. The molecule has 0 aliphatic rings. The van der Waals surface area contributed by atoms with Gasteiger partial charge in [-0.05, 0) is 50.6 Å². The molecular weight excluding hydrogens is 370 g/mol. The van der Waals surface area contributed by atoms with Gasteiger partial charge in [0.15, 0.2) is 0 Å². The van der Waals surface area contributed by atoms with E-state index in [0.717, 1.165) is 12.1 Å². The van der Waals surface area contributed by atoms with E-state index >= 15 is 0 Å². The third-order valence-corrected chi connectivity index (χ3v) is 3.84. The maximum atomic E-state index is 12.6. The van der Waals surface area contributed by atoms with Crippen molar-refractivity contribution in [2.45, 2.75) is 32.9 Å². The van der Waals surface area contributed by atoms with Crippen LogP contribution in [0.4, 0.5) is 16.2 Å². The molecule has 0 heterocycles.